The van der Waals surface area contributed by atoms with Gasteiger partial charge in [-0.3, -0.25) is 9.69 Å². The average molecular weight is 286 g/mol. The molecule has 1 aliphatic heterocycles. The maximum absolute atomic E-state index is 12.1. The molecule has 2 atom stereocenters. The average Bonchev–Trinajstić information content (AvgIpc) is 2.46. The third kappa shape index (κ3) is 6.20. The number of carbonyl (C=O) groups is 1. The zero-order valence-corrected chi connectivity index (χ0v) is 13.2. The Bertz CT molecular complexity index is 272. The summed E-state index contributed by atoms with van der Waals surface area (Å²) in [6.45, 7) is 10.7. The zero-order chi connectivity index (χ0) is 14.8. The Morgan fingerprint density at radius 2 is 2.20 bits per heavy atom. The van der Waals surface area contributed by atoms with Crippen LogP contribution < -0.4 is 5.32 Å². The number of rotatable bonds is 9. The molecule has 1 aliphatic rings. The predicted molar refractivity (Wildman–Crippen MR) is 79.8 cm³/mol. The number of piperidine rings is 1. The van der Waals surface area contributed by atoms with Crippen molar-refractivity contribution in [2.24, 2.45) is 0 Å². The van der Waals surface area contributed by atoms with Crippen LogP contribution >= 0.6 is 0 Å². The van der Waals surface area contributed by atoms with Gasteiger partial charge in [0.25, 0.3) is 0 Å². The zero-order valence-electron chi connectivity index (χ0n) is 13.2. The summed E-state index contributed by atoms with van der Waals surface area (Å²) in [4.78, 5) is 14.3. The first-order valence-corrected chi connectivity index (χ1v) is 7.90. The fourth-order valence-electron chi connectivity index (χ4n) is 2.53. The Kier molecular flexibility index (Phi) is 8.82. The number of hydrogen-bond donors (Lipinski definition) is 1. The molecule has 0 aromatic carbocycles. The highest BCUT2D eigenvalue weighted by molar-refractivity contribution is 5.81. The van der Waals surface area contributed by atoms with Crippen LogP contribution in [0.2, 0.25) is 0 Å². The second kappa shape index (κ2) is 10.1. The fraction of sp³-hybridized carbons (Fsp3) is 0.933. The number of nitrogens with one attached hydrogen (secondary N) is 1. The first-order valence-electron chi connectivity index (χ1n) is 7.90. The molecule has 5 nitrogen and oxygen atoms in total. The molecular weight excluding hydrogens is 256 g/mol. The van der Waals surface area contributed by atoms with E-state index in [0.29, 0.717) is 13.2 Å². The summed E-state index contributed by atoms with van der Waals surface area (Å²) in [5.74, 6) is 0.110. The van der Waals surface area contributed by atoms with Crippen molar-refractivity contribution < 1.29 is 14.3 Å². The van der Waals surface area contributed by atoms with Crippen molar-refractivity contribution in [3.05, 3.63) is 0 Å². The van der Waals surface area contributed by atoms with Crippen molar-refractivity contribution in [2.75, 3.05) is 39.5 Å². The largest absolute Gasteiger partial charge is 0.382 e. The molecule has 0 radical (unpaired) electrons. The summed E-state index contributed by atoms with van der Waals surface area (Å²) < 4.78 is 10.9. The van der Waals surface area contributed by atoms with Gasteiger partial charge in [0.05, 0.1) is 12.1 Å². The lowest BCUT2D eigenvalue weighted by atomic mass is 10.1. The summed E-state index contributed by atoms with van der Waals surface area (Å²) in [5.41, 5.74) is 0. The van der Waals surface area contributed by atoms with Gasteiger partial charge in [0.2, 0.25) is 5.91 Å². The van der Waals surface area contributed by atoms with E-state index >= 15 is 0 Å². The van der Waals surface area contributed by atoms with Crippen LogP contribution in [0.15, 0.2) is 0 Å². The maximum atomic E-state index is 12.1. The first-order chi connectivity index (χ1) is 9.69. The number of carbonyl (C=O) groups excluding carboxylic acids is 1. The van der Waals surface area contributed by atoms with Crippen molar-refractivity contribution in [1.29, 1.82) is 0 Å². The minimum atomic E-state index is -0.0784. The van der Waals surface area contributed by atoms with Gasteiger partial charge in [0, 0.05) is 32.9 Å². The van der Waals surface area contributed by atoms with E-state index in [0.717, 1.165) is 45.6 Å². The quantitative estimate of drug-likeness (QED) is 0.651. The Balaban J connectivity index is 2.25. The number of hydrogen-bond acceptors (Lipinski definition) is 4. The lowest BCUT2D eigenvalue weighted by Gasteiger charge is -2.35. The molecule has 5 heteroatoms. The van der Waals surface area contributed by atoms with Crippen LogP contribution in [-0.4, -0.2) is 62.4 Å². The Morgan fingerprint density at radius 1 is 1.40 bits per heavy atom. The van der Waals surface area contributed by atoms with Crippen LogP contribution in [0.5, 0.6) is 0 Å². The highest BCUT2D eigenvalue weighted by Gasteiger charge is 2.27. The molecule has 0 aliphatic carbocycles. The molecule has 0 spiro atoms. The second-order valence-electron chi connectivity index (χ2n) is 5.23. The van der Waals surface area contributed by atoms with Crippen molar-refractivity contribution in [3.8, 4) is 0 Å². The number of ether oxygens (including phenoxy) is 2. The summed E-state index contributed by atoms with van der Waals surface area (Å²) in [7, 11) is 0. The smallest absolute Gasteiger partial charge is 0.237 e. The van der Waals surface area contributed by atoms with E-state index in [1.54, 1.807) is 0 Å². The van der Waals surface area contributed by atoms with Gasteiger partial charge in [-0.15, -0.1) is 0 Å². The fourth-order valence-corrected chi connectivity index (χ4v) is 2.53. The van der Waals surface area contributed by atoms with Crippen molar-refractivity contribution in [1.82, 2.24) is 10.2 Å². The SMILES string of the molecule is CCOCCCNC(=O)C(C)N1CCCC(OCC)C1. The van der Waals surface area contributed by atoms with E-state index in [1.165, 1.54) is 0 Å². The van der Waals surface area contributed by atoms with Gasteiger partial charge in [-0.2, -0.15) is 0 Å². The van der Waals surface area contributed by atoms with Gasteiger partial charge in [-0.1, -0.05) is 0 Å². The summed E-state index contributed by atoms with van der Waals surface area (Å²) in [6, 6.07) is -0.0784. The third-order valence-electron chi connectivity index (χ3n) is 3.71. The Hall–Kier alpha value is -0.650. The van der Waals surface area contributed by atoms with Crippen LogP contribution in [0.25, 0.3) is 0 Å². The third-order valence-corrected chi connectivity index (χ3v) is 3.71. The Labute approximate surface area is 123 Å². The molecule has 2 unspecified atom stereocenters. The molecule has 1 rings (SSSR count). The number of nitrogens with zero attached hydrogens (tertiary/aromatic N) is 1. The van der Waals surface area contributed by atoms with Gasteiger partial charge in [-0.25, -0.2) is 0 Å². The molecule has 0 saturated carbocycles. The minimum absolute atomic E-state index is 0.0784. The van der Waals surface area contributed by atoms with Crippen LogP contribution in [0.1, 0.15) is 40.0 Å². The normalized spacial score (nSPS) is 21.6. The molecule has 118 valence electrons. The van der Waals surface area contributed by atoms with Gasteiger partial charge < -0.3 is 14.8 Å². The predicted octanol–water partition coefficient (Wildman–Crippen LogP) is 1.42. The van der Waals surface area contributed by atoms with Crippen LogP contribution in [0, 0.1) is 0 Å². The molecule has 0 bridgehead atoms. The summed E-state index contributed by atoms with van der Waals surface area (Å²) in [5, 5.41) is 2.98. The number of amides is 1. The molecule has 1 amide bonds. The topological polar surface area (TPSA) is 50.8 Å². The molecule has 0 aromatic rings. The van der Waals surface area contributed by atoms with Crippen LogP contribution in [0.3, 0.4) is 0 Å². The monoisotopic (exact) mass is 286 g/mol. The van der Waals surface area contributed by atoms with Crippen molar-refractivity contribution in [3.63, 3.8) is 0 Å². The van der Waals surface area contributed by atoms with E-state index in [9.17, 15) is 4.79 Å². The highest BCUT2D eigenvalue weighted by atomic mass is 16.5. The molecule has 20 heavy (non-hydrogen) atoms. The van der Waals surface area contributed by atoms with Crippen LogP contribution in [0.4, 0.5) is 0 Å². The highest BCUT2D eigenvalue weighted by Crippen LogP contribution is 2.15. The molecule has 1 fully saturated rings. The van der Waals surface area contributed by atoms with E-state index < -0.39 is 0 Å². The lowest BCUT2D eigenvalue weighted by molar-refractivity contribution is -0.127. The molecule has 1 N–H and O–H groups in total. The van der Waals surface area contributed by atoms with E-state index in [1.807, 2.05) is 20.8 Å². The lowest BCUT2D eigenvalue weighted by Crippen LogP contribution is -2.50. The Morgan fingerprint density at radius 3 is 2.90 bits per heavy atom. The summed E-state index contributed by atoms with van der Waals surface area (Å²) in [6.07, 6.45) is 3.36. The molecule has 0 aromatic heterocycles. The second-order valence-corrected chi connectivity index (χ2v) is 5.23. The van der Waals surface area contributed by atoms with Crippen LogP contribution in [-0.2, 0) is 14.3 Å². The molecule has 1 heterocycles. The van der Waals surface area contributed by atoms with E-state index in [-0.39, 0.29) is 18.1 Å². The van der Waals surface area contributed by atoms with Gasteiger partial charge >= 0.3 is 0 Å². The minimum Gasteiger partial charge on any atom is -0.382 e. The van der Waals surface area contributed by atoms with E-state index in [2.05, 4.69) is 10.2 Å². The van der Waals surface area contributed by atoms with Crippen molar-refractivity contribution >= 4 is 5.91 Å². The maximum Gasteiger partial charge on any atom is 0.237 e. The van der Waals surface area contributed by atoms with Gasteiger partial charge in [0.1, 0.15) is 0 Å². The molecule has 1 saturated heterocycles. The number of likely N-dealkylation sites (tertiary alicyclic amines) is 1. The molecular formula is C15H30N2O3. The first kappa shape index (κ1) is 17.4. The van der Waals surface area contributed by atoms with Crippen molar-refractivity contribution in [2.45, 2.75) is 52.2 Å². The summed E-state index contributed by atoms with van der Waals surface area (Å²) >= 11 is 0. The van der Waals surface area contributed by atoms with Gasteiger partial charge in [0.15, 0.2) is 0 Å². The van der Waals surface area contributed by atoms with E-state index in [4.69, 9.17) is 9.47 Å². The van der Waals surface area contributed by atoms with Gasteiger partial charge in [-0.05, 0) is 46.6 Å². The standard InChI is InChI=1S/C15H30N2O3/c1-4-19-11-7-9-16-15(18)13(3)17-10-6-8-14(12-17)20-5-2/h13-14H,4-12H2,1-3H3,(H,16,18).